The molecule has 0 spiro atoms. The van der Waals surface area contributed by atoms with Crippen LogP contribution >= 0.6 is 12.2 Å². The summed E-state index contributed by atoms with van der Waals surface area (Å²) >= 11 is 4.86. The highest BCUT2D eigenvalue weighted by Gasteiger charge is 2.06. The predicted octanol–water partition coefficient (Wildman–Crippen LogP) is 1.02. The van der Waals surface area contributed by atoms with Gasteiger partial charge in [-0.3, -0.25) is 10.1 Å². The van der Waals surface area contributed by atoms with Gasteiger partial charge in [-0.1, -0.05) is 0 Å². The summed E-state index contributed by atoms with van der Waals surface area (Å²) in [7, 11) is 0. The first-order valence-corrected chi connectivity index (χ1v) is 4.92. The van der Waals surface area contributed by atoms with Crippen molar-refractivity contribution in [1.82, 2.24) is 10.6 Å². The average molecular weight is 224 g/mol. The summed E-state index contributed by atoms with van der Waals surface area (Å²) < 4.78 is 0. The first-order valence-electron chi connectivity index (χ1n) is 4.51. The largest absolute Gasteiger partial charge is 0.508 e. The first kappa shape index (κ1) is 11.5. The number of hydrogen-bond acceptors (Lipinski definition) is 3. The summed E-state index contributed by atoms with van der Waals surface area (Å²) in [6.45, 7) is 2.55. The van der Waals surface area contributed by atoms with E-state index in [1.807, 2.05) is 6.92 Å². The lowest BCUT2D eigenvalue weighted by atomic mass is 10.2. The summed E-state index contributed by atoms with van der Waals surface area (Å²) in [6.07, 6.45) is 0. The molecule has 5 heteroatoms. The predicted molar refractivity (Wildman–Crippen MR) is 61.8 cm³/mol. The molecule has 1 aromatic rings. The fourth-order valence-electron chi connectivity index (χ4n) is 0.993. The Morgan fingerprint density at radius 3 is 2.53 bits per heavy atom. The van der Waals surface area contributed by atoms with Crippen LogP contribution in [0.3, 0.4) is 0 Å². The number of phenols is 1. The van der Waals surface area contributed by atoms with Crippen molar-refractivity contribution in [1.29, 1.82) is 0 Å². The van der Waals surface area contributed by atoms with Gasteiger partial charge in [0.2, 0.25) is 0 Å². The number of rotatable bonds is 2. The normalized spacial score (nSPS) is 9.40. The molecule has 0 atom stereocenters. The van der Waals surface area contributed by atoms with Gasteiger partial charge in [-0.2, -0.15) is 0 Å². The van der Waals surface area contributed by atoms with Gasteiger partial charge in [-0.25, -0.2) is 0 Å². The SMILES string of the molecule is CCNC(=S)NC(=O)c1ccc(O)cc1. The van der Waals surface area contributed by atoms with Crippen molar-refractivity contribution in [3.8, 4) is 5.75 Å². The molecule has 3 N–H and O–H groups in total. The number of benzene rings is 1. The Balaban J connectivity index is 2.61. The number of phenolic OH excluding ortho intramolecular Hbond substituents is 1. The summed E-state index contributed by atoms with van der Waals surface area (Å²) in [4.78, 5) is 11.5. The van der Waals surface area contributed by atoms with Crippen LogP contribution in [-0.4, -0.2) is 22.7 Å². The van der Waals surface area contributed by atoms with Gasteiger partial charge < -0.3 is 10.4 Å². The number of thiocarbonyl (C=S) groups is 1. The zero-order valence-corrected chi connectivity index (χ0v) is 9.10. The molecule has 1 rings (SSSR count). The van der Waals surface area contributed by atoms with Gasteiger partial charge in [-0.05, 0) is 43.4 Å². The number of amides is 1. The van der Waals surface area contributed by atoms with Gasteiger partial charge in [0.25, 0.3) is 5.91 Å². The minimum Gasteiger partial charge on any atom is -0.508 e. The van der Waals surface area contributed by atoms with Crippen molar-refractivity contribution in [2.75, 3.05) is 6.54 Å². The molecule has 1 aromatic carbocycles. The van der Waals surface area contributed by atoms with E-state index in [1.165, 1.54) is 24.3 Å². The van der Waals surface area contributed by atoms with E-state index in [0.29, 0.717) is 17.2 Å². The Morgan fingerprint density at radius 1 is 1.40 bits per heavy atom. The number of nitrogens with one attached hydrogen (secondary N) is 2. The van der Waals surface area contributed by atoms with E-state index in [1.54, 1.807) is 0 Å². The number of aromatic hydroxyl groups is 1. The molecule has 0 saturated heterocycles. The zero-order valence-electron chi connectivity index (χ0n) is 8.28. The van der Waals surface area contributed by atoms with Gasteiger partial charge in [0.1, 0.15) is 5.75 Å². The lowest BCUT2D eigenvalue weighted by molar-refractivity contribution is 0.0977. The van der Waals surface area contributed by atoms with E-state index in [-0.39, 0.29) is 11.7 Å². The van der Waals surface area contributed by atoms with Crippen molar-refractivity contribution in [2.24, 2.45) is 0 Å². The third kappa shape index (κ3) is 3.55. The van der Waals surface area contributed by atoms with Gasteiger partial charge in [0.05, 0.1) is 0 Å². The maximum Gasteiger partial charge on any atom is 0.257 e. The summed E-state index contributed by atoms with van der Waals surface area (Å²) in [5, 5.41) is 14.7. The highest BCUT2D eigenvalue weighted by atomic mass is 32.1. The second-order valence-corrected chi connectivity index (χ2v) is 3.27. The lowest BCUT2D eigenvalue weighted by Gasteiger charge is -2.07. The van der Waals surface area contributed by atoms with E-state index >= 15 is 0 Å². The summed E-state index contributed by atoms with van der Waals surface area (Å²) in [5.41, 5.74) is 0.452. The van der Waals surface area contributed by atoms with Crippen LogP contribution in [0.25, 0.3) is 0 Å². The lowest BCUT2D eigenvalue weighted by Crippen LogP contribution is -2.38. The first-order chi connectivity index (χ1) is 7.13. The summed E-state index contributed by atoms with van der Waals surface area (Å²) in [5.74, 6) is -0.165. The van der Waals surface area contributed by atoms with Crippen LogP contribution < -0.4 is 10.6 Å². The molecule has 0 aromatic heterocycles. The van der Waals surface area contributed by atoms with Crippen LogP contribution in [0.5, 0.6) is 5.75 Å². The minimum absolute atomic E-state index is 0.126. The molecule has 0 aliphatic carbocycles. The molecular formula is C10H12N2O2S. The molecule has 15 heavy (non-hydrogen) atoms. The Bertz CT molecular complexity index is 362. The van der Waals surface area contributed by atoms with Crippen molar-refractivity contribution in [3.63, 3.8) is 0 Å². The van der Waals surface area contributed by atoms with Crippen molar-refractivity contribution < 1.29 is 9.90 Å². The smallest absolute Gasteiger partial charge is 0.257 e. The Hall–Kier alpha value is -1.62. The minimum atomic E-state index is -0.291. The van der Waals surface area contributed by atoms with E-state index in [9.17, 15) is 4.79 Å². The third-order valence-corrected chi connectivity index (χ3v) is 1.94. The Labute approximate surface area is 93.3 Å². The fraction of sp³-hybridized carbons (Fsp3) is 0.200. The molecule has 0 heterocycles. The molecule has 0 aliphatic rings. The monoisotopic (exact) mass is 224 g/mol. The standard InChI is InChI=1S/C10H12N2O2S/c1-2-11-10(15)12-9(14)7-3-5-8(13)6-4-7/h3-6,13H,2H2,1H3,(H2,11,12,14,15). The van der Waals surface area contributed by atoms with Crippen LogP contribution in [0.15, 0.2) is 24.3 Å². The van der Waals surface area contributed by atoms with Crippen molar-refractivity contribution in [2.45, 2.75) is 6.92 Å². The van der Waals surface area contributed by atoms with Crippen molar-refractivity contribution in [3.05, 3.63) is 29.8 Å². The number of hydrogen-bond donors (Lipinski definition) is 3. The van der Waals surface area contributed by atoms with Gasteiger partial charge in [-0.15, -0.1) is 0 Å². The molecule has 80 valence electrons. The Morgan fingerprint density at radius 2 is 2.00 bits per heavy atom. The molecule has 1 amide bonds. The number of carbonyl (C=O) groups excluding carboxylic acids is 1. The highest BCUT2D eigenvalue weighted by molar-refractivity contribution is 7.80. The van der Waals surface area contributed by atoms with Crippen molar-refractivity contribution >= 4 is 23.2 Å². The molecular weight excluding hydrogens is 212 g/mol. The number of carbonyl (C=O) groups is 1. The fourth-order valence-corrected chi connectivity index (χ4v) is 1.23. The molecule has 0 fully saturated rings. The van der Waals surface area contributed by atoms with E-state index in [2.05, 4.69) is 10.6 Å². The second kappa shape index (κ2) is 5.31. The van der Waals surface area contributed by atoms with Crippen LogP contribution in [0, 0.1) is 0 Å². The zero-order chi connectivity index (χ0) is 11.3. The molecule has 0 unspecified atom stereocenters. The van der Waals surface area contributed by atoms with E-state index in [4.69, 9.17) is 17.3 Å². The van der Waals surface area contributed by atoms with Crippen LogP contribution in [0.4, 0.5) is 0 Å². The maximum absolute atomic E-state index is 11.5. The highest BCUT2D eigenvalue weighted by Crippen LogP contribution is 2.09. The Kier molecular flexibility index (Phi) is 4.05. The quantitative estimate of drug-likeness (QED) is 0.656. The molecule has 0 saturated carbocycles. The molecule has 0 radical (unpaired) electrons. The summed E-state index contributed by atoms with van der Waals surface area (Å²) in [6, 6.07) is 5.95. The van der Waals surface area contributed by atoms with Gasteiger partial charge >= 0.3 is 0 Å². The topological polar surface area (TPSA) is 61.4 Å². The van der Waals surface area contributed by atoms with Crippen LogP contribution in [0.2, 0.25) is 0 Å². The van der Waals surface area contributed by atoms with Crippen LogP contribution in [0.1, 0.15) is 17.3 Å². The third-order valence-electron chi connectivity index (χ3n) is 1.69. The molecule has 0 bridgehead atoms. The second-order valence-electron chi connectivity index (χ2n) is 2.86. The van der Waals surface area contributed by atoms with Crippen LogP contribution in [-0.2, 0) is 0 Å². The van der Waals surface area contributed by atoms with E-state index in [0.717, 1.165) is 0 Å². The van der Waals surface area contributed by atoms with E-state index < -0.39 is 0 Å². The average Bonchev–Trinajstić information content (AvgIpc) is 2.18. The molecule has 0 aliphatic heterocycles. The maximum atomic E-state index is 11.5. The van der Waals surface area contributed by atoms with Gasteiger partial charge in [0.15, 0.2) is 5.11 Å². The van der Waals surface area contributed by atoms with Gasteiger partial charge in [0, 0.05) is 12.1 Å². The molecule has 4 nitrogen and oxygen atoms in total.